The molecule has 2 aromatic carbocycles. The summed E-state index contributed by atoms with van der Waals surface area (Å²) in [6.07, 6.45) is -4.52. The van der Waals surface area contributed by atoms with E-state index in [-0.39, 0.29) is 18.9 Å². The number of piperazine rings is 1. The molecule has 0 unspecified atom stereocenters. The van der Waals surface area contributed by atoms with Gasteiger partial charge in [0, 0.05) is 5.56 Å². The van der Waals surface area contributed by atoms with Gasteiger partial charge in [-0.15, -0.1) is 0 Å². The van der Waals surface area contributed by atoms with Crippen LogP contribution in [0.2, 0.25) is 0 Å². The lowest BCUT2D eigenvalue weighted by Gasteiger charge is -2.32. The van der Waals surface area contributed by atoms with E-state index < -0.39 is 29.6 Å². The molecular formula is C23H24F3N3O4+2. The number of benzene rings is 2. The third-order valence-corrected chi connectivity index (χ3v) is 6.56. The summed E-state index contributed by atoms with van der Waals surface area (Å²) in [6, 6.07) is 9.74. The van der Waals surface area contributed by atoms with Crippen LogP contribution in [-0.4, -0.2) is 50.8 Å². The minimum Gasteiger partial charge on any atom is -0.454 e. The van der Waals surface area contributed by atoms with Crippen LogP contribution < -0.4 is 24.2 Å². The van der Waals surface area contributed by atoms with Gasteiger partial charge in [0.25, 0.3) is 5.91 Å². The highest BCUT2D eigenvalue weighted by molar-refractivity contribution is 6.21. The summed E-state index contributed by atoms with van der Waals surface area (Å²) in [4.78, 5) is 28.9. The monoisotopic (exact) mass is 463 g/mol. The van der Waals surface area contributed by atoms with Gasteiger partial charge in [0.05, 0.1) is 17.7 Å². The molecule has 174 valence electrons. The number of anilines is 1. The van der Waals surface area contributed by atoms with Crippen LogP contribution in [0.3, 0.4) is 0 Å². The Morgan fingerprint density at radius 3 is 2.48 bits per heavy atom. The maximum atomic E-state index is 13.1. The molecule has 2 amide bonds. The fraction of sp³-hybridized carbons (Fsp3) is 0.391. The lowest BCUT2D eigenvalue weighted by atomic mass is 10.1. The van der Waals surface area contributed by atoms with E-state index in [1.54, 1.807) is 0 Å². The van der Waals surface area contributed by atoms with Crippen LogP contribution in [-0.2, 0) is 22.3 Å². The second-order valence-corrected chi connectivity index (χ2v) is 8.64. The molecular weight excluding hydrogens is 439 g/mol. The van der Waals surface area contributed by atoms with Crippen molar-refractivity contribution < 1.29 is 42.0 Å². The van der Waals surface area contributed by atoms with Crippen molar-refractivity contribution >= 4 is 17.5 Å². The Kier molecular flexibility index (Phi) is 5.49. The van der Waals surface area contributed by atoms with Crippen molar-refractivity contribution in [1.82, 2.24) is 0 Å². The van der Waals surface area contributed by atoms with Crippen LogP contribution in [0.25, 0.3) is 0 Å². The molecule has 7 nitrogen and oxygen atoms in total. The van der Waals surface area contributed by atoms with Crippen LogP contribution in [0.4, 0.5) is 18.9 Å². The molecule has 3 aliphatic rings. The Labute approximate surface area is 188 Å². The summed E-state index contributed by atoms with van der Waals surface area (Å²) in [5, 5.41) is 0. The molecule has 2 saturated heterocycles. The number of nitrogens with zero attached hydrogens (tertiary/aromatic N) is 1. The highest BCUT2D eigenvalue weighted by Gasteiger charge is 2.47. The molecule has 3 heterocycles. The number of carbonyl (C=O) groups excluding carboxylic acids is 2. The van der Waals surface area contributed by atoms with Crippen LogP contribution in [0.1, 0.15) is 17.5 Å². The average Bonchev–Trinajstić information content (AvgIpc) is 3.37. The summed E-state index contributed by atoms with van der Waals surface area (Å²) in [5.74, 6) is 0.624. The van der Waals surface area contributed by atoms with Gasteiger partial charge < -0.3 is 19.3 Å². The molecule has 0 saturated carbocycles. The fourth-order valence-electron chi connectivity index (χ4n) is 4.83. The van der Waals surface area contributed by atoms with Gasteiger partial charge in [0.15, 0.2) is 17.5 Å². The first-order valence-corrected chi connectivity index (χ1v) is 10.9. The SMILES string of the molecule is O=C1C[C@@H]([NH+]2CC[NH+](Cc3ccc4c(c3)OCO4)CC2)C(=O)N1c1cccc(C(F)(F)F)c1. The van der Waals surface area contributed by atoms with Crippen molar-refractivity contribution in [2.45, 2.75) is 25.2 Å². The Morgan fingerprint density at radius 1 is 0.970 bits per heavy atom. The van der Waals surface area contributed by atoms with Crippen molar-refractivity contribution in [3.63, 3.8) is 0 Å². The van der Waals surface area contributed by atoms with E-state index in [4.69, 9.17) is 9.47 Å². The van der Waals surface area contributed by atoms with Crippen LogP contribution >= 0.6 is 0 Å². The number of imide groups is 1. The Bertz CT molecular complexity index is 1080. The first-order valence-electron chi connectivity index (χ1n) is 10.9. The lowest BCUT2D eigenvalue weighted by molar-refractivity contribution is -1.02. The van der Waals surface area contributed by atoms with E-state index in [0.717, 1.165) is 58.6 Å². The number of fused-ring (bicyclic) bond motifs is 1. The maximum Gasteiger partial charge on any atom is 0.416 e. The molecule has 2 N–H and O–H groups in total. The van der Waals surface area contributed by atoms with Gasteiger partial charge >= 0.3 is 6.18 Å². The Balaban J connectivity index is 1.22. The van der Waals surface area contributed by atoms with Crippen molar-refractivity contribution in [3.05, 3.63) is 53.6 Å². The number of hydrogen-bond acceptors (Lipinski definition) is 4. The van der Waals surface area contributed by atoms with E-state index in [2.05, 4.69) is 0 Å². The van der Waals surface area contributed by atoms with Crippen molar-refractivity contribution in [2.24, 2.45) is 0 Å². The quantitative estimate of drug-likeness (QED) is 0.630. The van der Waals surface area contributed by atoms with E-state index >= 15 is 0 Å². The zero-order chi connectivity index (χ0) is 23.2. The largest absolute Gasteiger partial charge is 0.454 e. The molecule has 3 aliphatic heterocycles. The number of quaternary nitrogens is 2. The number of nitrogens with one attached hydrogen (secondary N) is 2. The predicted octanol–water partition coefficient (Wildman–Crippen LogP) is 0.0496. The second-order valence-electron chi connectivity index (χ2n) is 8.64. The first kappa shape index (κ1) is 21.7. The summed E-state index contributed by atoms with van der Waals surface area (Å²) >= 11 is 0. The number of amides is 2. The van der Waals surface area contributed by atoms with Crippen molar-refractivity contribution in [2.75, 3.05) is 37.9 Å². The molecule has 0 aromatic heterocycles. The summed E-state index contributed by atoms with van der Waals surface area (Å²) < 4.78 is 50.0. The number of rotatable bonds is 4. The molecule has 0 spiro atoms. The molecule has 10 heteroatoms. The highest BCUT2D eigenvalue weighted by Crippen LogP contribution is 2.33. The minimum atomic E-state index is -4.54. The topological polar surface area (TPSA) is 64.7 Å². The fourth-order valence-corrected chi connectivity index (χ4v) is 4.83. The molecule has 0 radical (unpaired) electrons. The standard InChI is InChI=1S/C23H22F3N3O4/c24-23(25,26)16-2-1-3-17(11-16)29-21(30)12-18(22(29)31)28-8-6-27(7-9-28)13-15-4-5-19-20(10-15)33-14-32-19/h1-5,10-11,18H,6-9,12-14H2/p+2/t18-/m1/s1. The Morgan fingerprint density at radius 2 is 1.73 bits per heavy atom. The summed E-state index contributed by atoms with van der Waals surface area (Å²) in [5.41, 5.74) is 0.242. The van der Waals surface area contributed by atoms with Gasteiger partial charge in [-0.2, -0.15) is 13.2 Å². The average molecular weight is 463 g/mol. The zero-order valence-corrected chi connectivity index (χ0v) is 17.8. The molecule has 0 bridgehead atoms. The number of carbonyl (C=O) groups is 2. The number of hydrogen-bond donors (Lipinski definition) is 2. The maximum absolute atomic E-state index is 13.1. The smallest absolute Gasteiger partial charge is 0.416 e. The molecule has 0 aliphatic carbocycles. The highest BCUT2D eigenvalue weighted by atomic mass is 19.4. The molecule has 33 heavy (non-hydrogen) atoms. The second kappa shape index (κ2) is 8.35. The molecule has 2 fully saturated rings. The number of halogens is 3. The van der Waals surface area contributed by atoms with E-state index in [1.807, 2.05) is 18.2 Å². The number of ether oxygens (including phenoxy) is 2. The summed E-state index contributed by atoms with van der Waals surface area (Å²) in [7, 11) is 0. The van der Waals surface area contributed by atoms with Gasteiger partial charge in [-0.25, -0.2) is 4.90 Å². The van der Waals surface area contributed by atoms with Gasteiger partial charge in [-0.1, -0.05) is 6.07 Å². The van der Waals surface area contributed by atoms with E-state index in [9.17, 15) is 22.8 Å². The van der Waals surface area contributed by atoms with Gasteiger partial charge in [-0.05, 0) is 36.4 Å². The minimum absolute atomic E-state index is 0.0158. The summed E-state index contributed by atoms with van der Waals surface area (Å²) in [6.45, 7) is 4.12. The first-order chi connectivity index (χ1) is 15.8. The van der Waals surface area contributed by atoms with E-state index in [1.165, 1.54) is 17.0 Å². The Hall–Kier alpha value is -3.11. The van der Waals surface area contributed by atoms with Crippen LogP contribution in [0, 0.1) is 0 Å². The zero-order valence-electron chi connectivity index (χ0n) is 17.8. The van der Waals surface area contributed by atoms with Gasteiger partial charge in [-0.3, -0.25) is 9.59 Å². The molecule has 1 atom stereocenters. The normalized spacial score (nSPS) is 25.1. The third kappa shape index (κ3) is 4.28. The van der Waals surface area contributed by atoms with Crippen LogP contribution in [0.15, 0.2) is 42.5 Å². The van der Waals surface area contributed by atoms with Gasteiger partial charge in [0.2, 0.25) is 12.7 Å². The predicted molar refractivity (Wildman–Crippen MR) is 110 cm³/mol. The van der Waals surface area contributed by atoms with Gasteiger partial charge in [0.1, 0.15) is 32.7 Å². The number of alkyl halides is 3. The van der Waals surface area contributed by atoms with Crippen molar-refractivity contribution in [1.29, 1.82) is 0 Å². The molecule has 5 rings (SSSR count). The third-order valence-electron chi connectivity index (χ3n) is 6.56. The molecule has 2 aromatic rings. The van der Waals surface area contributed by atoms with E-state index in [0.29, 0.717) is 13.1 Å². The van der Waals surface area contributed by atoms with Crippen LogP contribution in [0.5, 0.6) is 11.5 Å². The lowest BCUT2D eigenvalue weighted by Crippen LogP contribution is -3.29. The van der Waals surface area contributed by atoms with Crippen molar-refractivity contribution in [3.8, 4) is 11.5 Å².